The number of phenols is 1. The van der Waals surface area contributed by atoms with Crippen LogP contribution in [0, 0.1) is 5.41 Å². The zero-order valence-corrected chi connectivity index (χ0v) is 12.0. The fourth-order valence-electron chi connectivity index (χ4n) is 2.71. The normalized spacial score (nSPS) is 16.5. The summed E-state index contributed by atoms with van der Waals surface area (Å²) in [5.41, 5.74) is 6.74. The Morgan fingerprint density at radius 3 is 2.86 bits per heavy atom. The van der Waals surface area contributed by atoms with E-state index in [-0.39, 0.29) is 11.2 Å². The molecule has 21 heavy (non-hydrogen) atoms. The largest absolute Gasteiger partial charge is 0.504 e. The Morgan fingerprint density at radius 2 is 2.24 bits per heavy atom. The van der Waals surface area contributed by atoms with Gasteiger partial charge in [0.2, 0.25) is 11.7 Å². The molecule has 112 valence electrons. The summed E-state index contributed by atoms with van der Waals surface area (Å²) in [7, 11) is 1.50. The van der Waals surface area contributed by atoms with E-state index >= 15 is 0 Å². The third-order valence-corrected chi connectivity index (χ3v) is 4.28. The van der Waals surface area contributed by atoms with E-state index in [1.165, 1.54) is 13.5 Å². The molecule has 1 saturated carbocycles. The Kier molecular flexibility index (Phi) is 3.55. The number of methoxy groups -OCH3 is 1. The third kappa shape index (κ3) is 2.58. The molecule has 6 heteroatoms. The van der Waals surface area contributed by atoms with Crippen molar-refractivity contribution in [3.63, 3.8) is 0 Å². The van der Waals surface area contributed by atoms with Crippen molar-refractivity contribution in [2.45, 2.75) is 25.7 Å². The third-order valence-electron chi connectivity index (χ3n) is 4.28. The van der Waals surface area contributed by atoms with Crippen LogP contribution in [0.3, 0.4) is 0 Å². The van der Waals surface area contributed by atoms with Gasteiger partial charge in [0.05, 0.1) is 7.11 Å². The quantitative estimate of drug-likeness (QED) is 0.875. The average Bonchev–Trinajstić information content (AvgIpc) is 2.92. The first-order valence-corrected chi connectivity index (χ1v) is 7.06. The second-order valence-corrected chi connectivity index (χ2v) is 5.63. The average molecular weight is 289 g/mol. The van der Waals surface area contributed by atoms with Crippen LogP contribution in [0.2, 0.25) is 0 Å². The number of hydrogen-bond donors (Lipinski definition) is 2. The number of rotatable bonds is 5. The predicted molar refractivity (Wildman–Crippen MR) is 77.0 cm³/mol. The van der Waals surface area contributed by atoms with Crippen LogP contribution >= 0.6 is 0 Å². The van der Waals surface area contributed by atoms with Crippen LogP contribution < -0.4 is 10.5 Å². The number of ether oxygens (including phenoxy) is 1. The summed E-state index contributed by atoms with van der Waals surface area (Å²) in [5.74, 6) is 1.58. The molecule has 2 aromatic rings. The number of aromatic nitrogens is 2. The van der Waals surface area contributed by atoms with Crippen LogP contribution in [0.1, 0.15) is 25.2 Å². The molecule has 3 rings (SSSR count). The van der Waals surface area contributed by atoms with Gasteiger partial charge in [-0.1, -0.05) is 11.6 Å². The van der Waals surface area contributed by atoms with Crippen LogP contribution in [0.5, 0.6) is 11.5 Å². The first-order valence-electron chi connectivity index (χ1n) is 7.06. The highest BCUT2D eigenvalue weighted by molar-refractivity contribution is 5.60. The van der Waals surface area contributed by atoms with Gasteiger partial charge in [-0.25, -0.2) is 0 Å². The molecule has 0 unspecified atom stereocenters. The molecular formula is C15H19N3O3. The minimum atomic E-state index is 0.0847. The van der Waals surface area contributed by atoms with Gasteiger partial charge in [-0.2, -0.15) is 4.98 Å². The van der Waals surface area contributed by atoms with Crippen molar-refractivity contribution in [3.8, 4) is 22.9 Å². The van der Waals surface area contributed by atoms with E-state index in [1.807, 2.05) is 0 Å². The molecule has 1 aliphatic carbocycles. The van der Waals surface area contributed by atoms with Crippen LogP contribution in [-0.2, 0) is 6.42 Å². The van der Waals surface area contributed by atoms with Gasteiger partial charge in [-0.05, 0) is 43.0 Å². The summed E-state index contributed by atoms with van der Waals surface area (Å²) >= 11 is 0. The molecule has 0 saturated heterocycles. The minimum Gasteiger partial charge on any atom is -0.504 e. The summed E-state index contributed by atoms with van der Waals surface area (Å²) in [4.78, 5) is 4.43. The molecular weight excluding hydrogens is 270 g/mol. The highest BCUT2D eigenvalue weighted by atomic mass is 16.5. The van der Waals surface area contributed by atoms with Crippen LogP contribution in [0.25, 0.3) is 11.4 Å². The Hall–Kier alpha value is -2.08. The molecule has 0 aliphatic heterocycles. The number of nitrogens with two attached hydrogens (primary N) is 1. The summed E-state index contributed by atoms with van der Waals surface area (Å²) in [6, 6.07) is 4.97. The summed E-state index contributed by atoms with van der Waals surface area (Å²) < 4.78 is 10.4. The maximum Gasteiger partial charge on any atom is 0.227 e. The summed E-state index contributed by atoms with van der Waals surface area (Å²) in [5, 5.41) is 13.6. The molecule has 0 atom stereocenters. The van der Waals surface area contributed by atoms with Gasteiger partial charge in [0.15, 0.2) is 11.5 Å². The van der Waals surface area contributed by atoms with Crippen molar-refractivity contribution in [1.82, 2.24) is 10.1 Å². The molecule has 1 aliphatic rings. The van der Waals surface area contributed by atoms with Crippen LogP contribution in [0.15, 0.2) is 22.7 Å². The van der Waals surface area contributed by atoms with Crippen molar-refractivity contribution < 1.29 is 14.4 Å². The van der Waals surface area contributed by atoms with Gasteiger partial charge in [-0.15, -0.1) is 0 Å². The number of aromatic hydroxyl groups is 1. The second kappa shape index (κ2) is 5.37. The zero-order valence-electron chi connectivity index (χ0n) is 12.0. The molecule has 6 nitrogen and oxygen atoms in total. The van der Waals surface area contributed by atoms with E-state index in [9.17, 15) is 5.11 Å². The maximum atomic E-state index is 9.61. The van der Waals surface area contributed by atoms with E-state index in [4.69, 9.17) is 15.0 Å². The molecule has 0 bridgehead atoms. The van der Waals surface area contributed by atoms with Gasteiger partial charge in [0, 0.05) is 12.0 Å². The molecule has 1 aromatic heterocycles. The van der Waals surface area contributed by atoms with Crippen molar-refractivity contribution in [2.75, 3.05) is 13.7 Å². The molecule has 0 spiro atoms. The smallest absolute Gasteiger partial charge is 0.227 e. The lowest BCUT2D eigenvalue weighted by molar-refractivity contribution is 0.129. The lowest BCUT2D eigenvalue weighted by Gasteiger charge is -2.39. The number of nitrogens with zero attached hydrogens (tertiary/aromatic N) is 2. The van der Waals surface area contributed by atoms with Crippen molar-refractivity contribution >= 4 is 0 Å². The van der Waals surface area contributed by atoms with E-state index in [0.29, 0.717) is 24.0 Å². The van der Waals surface area contributed by atoms with Crippen LogP contribution in [0.4, 0.5) is 0 Å². The Labute approximate surface area is 122 Å². The number of benzene rings is 1. The van der Waals surface area contributed by atoms with Gasteiger partial charge in [-0.3, -0.25) is 0 Å². The topological polar surface area (TPSA) is 94.4 Å². The molecule has 1 fully saturated rings. The first-order chi connectivity index (χ1) is 10.2. The molecule has 3 N–H and O–H groups in total. The zero-order chi connectivity index (χ0) is 14.9. The lowest BCUT2D eigenvalue weighted by atomic mass is 9.67. The highest BCUT2D eigenvalue weighted by Gasteiger charge is 2.37. The molecule has 1 aromatic carbocycles. The van der Waals surface area contributed by atoms with Crippen molar-refractivity contribution in [1.29, 1.82) is 0 Å². The summed E-state index contributed by atoms with van der Waals surface area (Å²) in [6.45, 7) is 0.651. The fourth-order valence-corrected chi connectivity index (χ4v) is 2.71. The van der Waals surface area contributed by atoms with Gasteiger partial charge < -0.3 is 20.1 Å². The lowest BCUT2D eigenvalue weighted by Crippen LogP contribution is -2.39. The molecule has 0 radical (unpaired) electrons. The Bertz CT molecular complexity index is 629. The maximum absolute atomic E-state index is 9.61. The van der Waals surface area contributed by atoms with E-state index in [2.05, 4.69) is 10.1 Å². The van der Waals surface area contributed by atoms with E-state index < -0.39 is 0 Å². The van der Waals surface area contributed by atoms with Crippen molar-refractivity contribution in [3.05, 3.63) is 24.1 Å². The molecule has 0 amide bonds. The van der Waals surface area contributed by atoms with Crippen molar-refractivity contribution in [2.24, 2.45) is 11.1 Å². The standard InChI is InChI=1S/C15H19N3O3/c1-20-12-7-10(3-4-11(12)19)14-17-13(21-18-14)8-15(9-16)5-2-6-15/h3-4,7,19H,2,5-6,8-9,16H2,1H3. The monoisotopic (exact) mass is 289 g/mol. The summed E-state index contributed by atoms with van der Waals surface area (Å²) in [6.07, 6.45) is 4.18. The first kappa shape index (κ1) is 13.9. The van der Waals surface area contributed by atoms with Gasteiger partial charge >= 0.3 is 0 Å². The number of hydrogen-bond acceptors (Lipinski definition) is 6. The number of phenolic OH excluding ortho intramolecular Hbond substituents is 1. The van der Waals surface area contributed by atoms with E-state index in [1.54, 1.807) is 18.2 Å². The SMILES string of the molecule is COc1cc(-c2noc(CC3(CN)CCC3)n2)ccc1O. The Balaban J connectivity index is 1.81. The van der Waals surface area contributed by atoms with Gasteiger partial charge in [0.1, 0.15) is 0 Å². The highest BCUT2D eigenvalue weighted by Crippen LogP contribution is 2.42. The van der Waals surface area contributed by atoms with Crippen LogP contribution in [-0.4, -0.2) is 28.9 Å². The predicted octanol–water partition coefficient (Wildman–Crippen LogP) is 2.12. The fraction of sp³-hybridized carbons (Fsp3) is 0.467. The minimum absolute atomic E-state index is 0.0847. The van der Waals surface area contributed by atoms with E-state index in [0.717, 1.165) is 24.8 Å². The molecule has 1 heterocycles. The van der Waals surface area contributed by atoms with Gasteiger partial charge in [0.25, 0.3) is 0 Å². The Morgan fingerprint density at radius 1 is 1.43 bits per heavy atom. The second-order valence-electron chi connectivity index (χ2n) is 5.63.